The number of amides is 1. The van der Waals surface area contributed by atoms with Crippen LogP contribution in [0.25, 0.3) is 0 Å². The Labute approximate surface area is 161 Å². The van der Waals surface area contributed by atoms with Gasteiger partial charge in [0.05, 0.1) is 19.4 Å². The van der Waals surface area contributed by atoms with Crippen LogP contribution in [-0.2, 0) is 21.2 Å². The molecule has 150 valence electrons. The van der Waals surface area contributed by atoms with E-state index in [0.717, 1.165) is 31.3 Å². The van der Waals surface area contributed by atoms with Gasteiger partial charge in [0.25, 0.3) is 0 Å². The van der Waals surface area contributed by atoms with Crippen molar-refractivity contribution in [3.05, 3.63) is 29.8 Å². The van der Waals surface area contributed by atoms with Gasteiger partial charge >= 0.3 is 6.09 Å². The van der Waals surface area contributed by atoms with Crippen molar-refractivity contribution in [3.8, 4) is 0 Å². The molecule has 0 radical (unpaired) electrons. The average molecular weight is 396 g/mol. The average Bonchev–Trinajstić information content (AvgIpc) is 3.16. The highest BCUT2D eigenvalue weighted by atomic mass is 32.2. The van der Waals surface area contributed by atoms with Crippen molar-refractivity contribution in [2.45, 2.75) is 44.2 Å². The summed E-state index contributed by atoms with van der Waals surface area (Å²) in [6, 6.07) is 7.76. The molecule has 0 aromatic heterocycles. The second kappa shape index (κ2) is 8.48. The quantitative estimate of drug-likeness (QED) is 0.825. The lowest BCUT2D eigenvalue weighted by Gasteiger charge is -2.40. The maximum Gasteiger partial charge on any atom is 0.409 e. The summed E-state index contributed by atoms with van der Waals surface area (Å²) in [5.74, 6) is 0. The molecule has 2 aliphatic heterocycles. The van der Waals surface area contributed by atoms with Gasteiger partial charge in [0.15, 0.2) is 0 Å². The molecule has 3 rings (SSSR count). The van der Waals surface area contributed by atoms with Crippen LogP contribution in [0.2, 0.25) is 0 Å². The van der Waals surface area contributed by atoms with Crippen LogP contribution in [0.3, 0.4) is 0 Å². The Balaban J connectivity index is 1.83. The zero-order valence-electron chi connectivity index (χ0n) is 16.1. The predicted molar refractivity (Wildman–Crippen MR) is 105 cm³/mol. The third-order valence-corrected chi connectivity index (χ3v) is 6.11. The lowest BCUT2D eigenvalue weighted by molar-refractivity contribution is 0.0792. The first-order chi connectivity index (χ1) is 12.9. The summed E-state index contributed by atoms with van der Waals surface area (Å²) in [5.41, 5.74) is 2.29. The number of ether oxygens (including phenoxy) is 1. The predicted octanol–water partition coefficient (Wildman–Crippen LogP) is 1.98. The van der Waals surface area contributed by atoms with Gasteiger partial charge in [-0.15, -0.1) is 0 Å². The minimum atomic E-state index is -3.36. The van der Waals surface area contributed by atoms with E-state index in [1.807, 2.05) is 12.1 Å². The highest BCUT2D eigenvalue weighted by Crippen LogP contribution is 2.26. The smallest absolute Gasteiger partial charge is 0.409 e. The van der Waals surface area contributed by atoms with E-state index in [9.17, 15) is 13.2 Å². The summed E-state index contributed by atoms with van der Waals surface area (Å²) in [7, 11) is -2.00. The molecule has 1 amide bonds. The minimum Gasteiger partial charge on any atom is -0.453 e. The van der Waals surface area contributed by atoms with E-state index in [2.05, 4.69) is 21.8 Å². The molecule has 0 aliphatic carbocycles. The molecule has 1 aromatic rings. The number of methoxy groups -OCH3 is 1. The summed E-state index contributed by atoms with van der Waals surface area (Å²) in [6.07, 6.45) is 5.21. The Hall–Kier alpha value is -1.80. The number of benzene rings is 1. The lowest BCUT2D eigenvalue weighted by atomic mass is 9.91. The molecular weight excluding hydrogens is 366 g/mol. The van der Waals surface area contributed by atoms with Crippen LogP contribution in [-0.4, -0.2) is 64.5 Å². The van der Waals surface area contributed by atoms with Crippen LogP contribution in [0.5, 0.6) is 0 Å². The largest absolute Gasteiger partial charge is 0.453 e. The number of nitrogens with one attached hydrogen (secondary N) is 1. The Morgan fingerprint density at radius 3 is 2.63 bits per heavy atom. The minimum absolute atomic E-state index is 0.269. The first-order valence-corrected chi connectivity index (χ1v) is 11.4. The SMILES string of the molecule is COC(=O)N1CCC[C@H](NS(C)(=O)=O)[C@@H]1Cc1cccc(N2CCCC2)c1. The number of anilines is 1. The molecule has 8 heteroatoms. The third kappa shape index (κ3) is 5.13. The number of nitrogens with zero attached hydrogens (tertiary/aromatic N) is 2. The van der Waals surface area contributed by atoms with Crippen molar-refractivity contribution in [2.24, 2.45) is 0 Å². The van der Waals surface area contributed by atoms with Crippen LogP contribution in [0.4, 0.5) is 10.5 Å². The first kappa shape index (κ1) is 19.9. The van der Waals surface area contributed by atoms with E-state index in [4.69, 9.17) is 4.74 Å². The maximum atomic E-state index is 12.3. The Kier molecular flexibility index (Phi) is 6.26. The van der Waals surface area contributed by atoms with Crippen LogP contribution in [0.1, 0.15) is 31.2 Å². The van der Waals surface area contributed by atoms with Crippen molar-refractivity contribution >= 4 is 21.8 Å². The number of carbonyl (C=O) groups is 1. The van der Waals surface area contributed by atoms with Crippen LogP contribution >= 0.6 is 0 Å². The molecule has 0 bridgehead atoms. The molecule has 27 heavy (non-hydrogen) atoms. The van der Waals surface area contributed by atoms with E-state index in [1.54, 1.807) is 4.90 Å². The van der Waals surface area contributed by atoms with Gasteiger partial charge in [0.1, 0.15) is 0 Å². The van der Waals surface area contributed by atoms with Gasteiger partial charge in [-0.05, 0) is 49.8 Å². The van der Waals surface area contributed by atoms with Gasteiger partial charge in [-0.1, -0.05) is 12.1 Å². The summed E-state index contributed by atoms with van der Waals surface area (Å²) in [5, 5.41) is 0. The summed E-state index contributed by atoms with van der Waals surface area (Å²) < 4.78 is 31.3. The van der Waals surface area contributed by atoms with Crippen molar-refractivity contribution in [1.29, 1.82) is 0 Å². The summed E-state index contributed by atoms with van der Waals surface area (Å²) >= 11 is 0. The number of likely N-dealkylation sites (tertiary alicyclic amines) is 1. The van der Waals surface area contributed by atoms with Gasteiger partial charge in [-0.3, -0.25) is 0 Å². The fraction of sp³-hybridized carbons (Fsp3) is 0.632. The van der Waals surface area contributed by atoms with Gasteiger partial charge in [-0.2, -0.15) is 0 Å². The zero-order valence-corrected chi connectivity index (χ0v) is 16.9. The molecule has 0 unspecified atom stereocenters. The number of piperidine rings is 1. The highest BCUT2D eigenvalue weighted by molar-refractivity contribution is 7.88. The molecule has 1 aromatic carbocycles. The van der Waals surface area contributed by atoms with Crippen molar-refractivity contribution in [3.63, 3.8) is 0 Å². The third-order valence-electron chi connectivity index (χ3n) is 5.38. The second-order valence-corrected chi connectivity index (χ2v) is 9.22. The van der Waals surface area contributed by atoms with Crippen molar-refractivity contribution in [2.75, 3.05) is 37.9 Å². The fourth-order valence-corrected chi connectivity index (χ4v) is 4.99. The topological polar surface area (TPSA) is 79.0 Å². The standard InChI is InChI=1S/C19H29N3O4S/c1-26-19(23)22-12-6-9-17(20-27(2,24)25)18(22)14-15-7-5-8-16(13-15)21-10-3-4-11-21/h5,7-8,13,17-18,20H,3-4,6,9-12,14H2,1-2H3/t17-,18-/m0/s1. The molecule has 0 saturated carbocycles. The Morgan fingerprint density at radius 1 is 1.22 bits per heavy atom. The summed E-state index contributed by atoms with van der Waals surface area (Å²) in [4.78, 5) is 16.3. The fourth-order valence-electron chi connectivity index (χ4n) is 4.16. The molecular formula is C19H29N3O4S. The first-order valence-electron chi connectivity index (χ1n) is 9.53. The van der Waals surface area contributed by atoms with Crippen LogP contribution in [0, 0.1) is 0 Å². The van der Waals surface area contributed by atoms with E-state index >= 15 is 0 Å². The van der Waals surface area contributed by atoms with E-state index < -0.39 is 16.1 Å². The number of hydrogen-bond donors (Lipinski definition) is 1. The zero-order chi connectivity index (χ0) is 19.4. The molecule has 2 fully saturated rings. The molecule has 7 nitrogen and oxygen atoms in total. The van der Waals surface area contributed by atoms with E-state index in [0.29, 0.717) is 19.4 Å². The molecule has 2 heterocycles. The molecule has 2 aliphatic rings. The molecule has 2 atom stereocenters. The second-order valence-electron chi connectivity index (χ2n) is 7.44. The van der Waals surface area contributed by atoms with Gasteiger partial charge < -0.3 is 14.5 Å². The van der Waals surface area contributed by atoms with E-state index in [-0.39, 0.29) is 12.1 Å². The van der Waals surface area contributed by atoms with E-state index in [1.165, 1.54) is 25.6 Å². The number of rotatable bonds is 5. The number of hydrogen-bond acceptors (Lipinski definition) is 5. The highest BCUT2D eigenvalue weighted by Gasteiger charge is 2.36. The van der Waals surface area contributed by atoms with Gasteiger partial charge in [-0.25, -0.2) is 17.9 Å². The normalized spacial score (nSPS) is 23.5. The van der Waals surface area contributed by atoms with Crippen molar-refractivity contribution in [1.82, 2.24) is 9.62 Å². The Morgan fingerprint density at radius 2 is 1.96 bits per heavy atom. The number of sulfonamides is 1. The molecule has 0 spiro atoms. The summed E-state index contributed by atoms with van der Waals surface area (Å²) in [6.45, 7) is 2.71. The lowest BCUT2D eigenvalue weighted by Crippen LogP contribution is -2.57. The maximum absolute atomic E-state index is 12.3. The van der Waals surface area contributed by atoms with Crippen LogP contribution < -0.4 is 9.62 Å². The monoisotopic (exact) mass is 395 g/mol. The molecule has 1 N–H and O–H groups in total. The van der Waals surface area contributed by atoms with Crippen LogP contribution in [0.15, 0.2) is 24.3 Å². The Bertz CT molecular complexity index is 762. The van der Waals surface area contributed by atoms with Gasteiger partial charge in [0, 0.05) is 31.4 Å². The van der Waals surface area contributed by atoms with Gasteiger partial charge in [0.2, 0.25) is 10.0 Å². The number of carbonyl (C=O) groups excluding carboxylic acids is 1. The molecule has 2 saturated heterocycles. The van der Waals surface area contributed by atoms with Crippen molar-refractivity contribution < 1.29 is 17.9 Å².